The number of rotatable bonds is 3. The van der Waals surface area contributed by atoms with Crippen LogP contribution >= 0.6 is 11.3 Å². The monoisotopic (exact) mass is 331 g/mol. The molecule has 0 radical (unpaired) electrons. The van der Waals surface area contributed by atoms with E-state index in [1.54, 1.807) is 18.3 Å². The van der Waals surface area contributed by atoms with Gasteiger partial charge in [-0.15, -0.1) is 11.3 Å². The normalized spacial score (nSPS) is 26.2. The Bertz CT molecular complexity index is 703. The van der Waals surface area contributed by atoms with Crippen molar-refractivity contribution in [2.75, 3.05) is 19.6 Å². The van der Waals surface area contributed by atoms with Crippen LogP contribution in [0.5, 0.6) is 0 Å². The van der Waals surface area contributed by atoms with Crippen LogP contribution < -0.4 is 5.32 Å². The van der Waals surface area contributed by atoms with E-state index in [0.29, 0.717) is 5.01 Å². The van der Waals surface area contributed by atoms with Crippen LogP contribution in [-0.2, 0) is 0 Å². The summed E-state index contributed by atoms with van der Waals surface area (Å²) in [5.74, 6) is 0.356. The number of carbonyl (C=O) groups is 1. The van der Waals surface area contributed by atoms with E-state index in [-0.39, 0.29) is 17.8 Å². The molecule has 23 heavy (non-hydrogen) atoms. The van der Waals surface area contributed by atoms with Crippen LogP contribution in [0.4, 0.5) is 4.39 Å². The van der Waals surface area contributed by atoms with Crippen LogP contribution in [0.3, 0.4) is 0 Å². The Hall–Kier alpha value is -1.79. The zero-order chi connectivity index (χ0) is 15.8. The van der Waals surface area contributed by atoms with Gasteiger partial charge < -0.3 is 10.2 Å². The Balaban J connectivity index is 1.44. The molecule has 1 amide bonds. The van der Waals surface area contributed by atoms with Gasteiger partial charge in [0.25, 0.3) is 5.91 Å². The van der Waals surface area contributed by atoms with Crippen molar-refractivity contribution >= 4 is 17.2 Å². The minimum Gasteiger partial charge on any atom is -0.346 e. The standard InChI is InChI=1S/C17H18FN3OS/c18-13-3-1-12(2-4-13)15-8-19-17(23-15)16(22)20-14-7-11-5-6-21(9-11)10-14/h1-4,8,11,14H,5-7,9-10H2,(H,20,22). The molecule has 2 aliphatic rings. The van der Waals surface area contributed by atoms with Gasteiger partial charge in [-0.3, -0.25) is 4.79 Å². The number of piperidine rings is 1. The minimum absolute atomic E-state index is 0.101. The Kier molecular flexibility index (Phi) is 3.87. The van der Waals surface area contributed by atoms with Gasteiger partial charge >= 0.3 is 0 Å². The lowest BCUT2D eigenvalue weighted by Gasteiger charge is -2.30. The summed E-state index contributed by atoms with van der Waals surface area (Å²) < 4.78 is 13.0. The van der Waals surface area contributed by atoms with E-state index in [9.17, 15) is 9.18 Å². The molecule has 2 saturated heterocycles. The maximum atomic E-state index is 13.0. The lowest BCUT2D eigenvalue weighted by Crippen LogP contribution is -2.46. The number of amides is 1. The maximum absolute atomic E-state index is 13.0. The third-order valence-electron chi connectivity index (χ3n) is 4.63. The molecule has 120 valence electrons. The fourth-order valence-corrected chi connectivity index (χ4v) is 4.36. The molecular weight excluding hydrogens is 313 g/mol. The van der Waals surface area contributed by atoms with Gasteiger partial charge in [0.15, 0.2) is 5.01 Å². The Morgan fingerprint density at radius 3 is 2.91 bits per heavy atom. The van der Waals surface area contributed by atoms with E-state index in [1.807, 2.05) is 0 Å². The lowest BCUT2D eigenvalue weighted by atomic mass is 9.97. The predicted octanol–water partition coefficient (Wildman–Crippen LogP) is 2.77. The van der Waals surface area contributed by atoms with Gasteiger partial charge in [0.1, 0.15) is 5.82 Å². The van der Waals surface area contributed by atoms with Crippen molar-refractivity contribution in [3.8, 4) is 10.4 Å². The highest BCUT2D eigenvalue weighted by molar-refractivity contribution is 7.16. The average Bonchev–Trinajstić information content (AvgIpc) is 3.15. The van der Waals surface area contributed by atoms with E-state index in [1.165, 1.54) is 36.4 Å². The molecule has 0 spiro atoms. The van der Waals surface area contributed by atoms with Crippen molar-refractivity contribution in [3.63, 3.8) is 0 Å². The second kappa shape index (κ2) is 6.02. The van der Waals surface area contributed by atoms with Crippen molar-refractivity contribution in [2.24, 2.45) is 5.92 Å². The van der Waals surface area contributed by atoms with Crippen molar-refractivity contribution in [3.05, 3.63) is 41.3 Å². The molecule has 1 aromatic heterocycles. The van der Waals surface area contributed by atoms with Crippen LogP contribution in [0.1, 0.15) is 22.6 Å². The highest BCUT2D eigenvalue weighted by Gasteiger charge is 2.33. The summed E-state index contributed by atoms with van der Waals surface area (Å²) in [6.07, 6.45) is 4.00. The molecule has 2 bridgehead atoms. The summed E-state index contributed by atoms with van der Waals surface area (Å²) >= 11 is 1.35. The maximum Gasteiger partial charge on any atom is 0.280 e. The number of hydrogen-bond acceptors (Lipinski definition) is 4. The number of nitrogens with zero attached hydrogens (tertiary/aromatic N) is 2. The molecule has 1 aromatic carbocycles. The van der Waals surface area contributed by atoms with E-state index in [0.717, 1.165) is 35.9 Å². The summed E-state index contributed by atoms with van der Waals surface area (Å²) in [5, 5.41) is 3.59. The second-order valence-electron chi connectivity index (χ2n) is 6.36. The van der Waals surface area contributed by atoms with Crippen LogP contribution in [-0.4, -0.2) is 41.5 Å². The molecule has 2 aromatic rings. The summed E-state index contributed by atoms with van der Waals surface area (Å²) in [5.41, 5.74) is 0.879. The number of nitrogens with one attached hydrogen (secondary N) is 1. The first kappa shape index (κ1) is 14.8. The van der Waals surface area contributed by atoms with Gasteiger partial charge in [-0.2, -0.15) is 0 Å². The molecule has 0 aliphatic carbocycles. The molecule has 2 fully saturated rings. The molecule has 4 nitrogen and oxygen atoms in total. The second-order valence-corrected chi connectivity index (χ2v) is 7.39. The van der Waals surface area contributed by atoms with Gasteiger partial charge in [0, 0.05) is 25.3 Å². The van der Waals surface area contributed by atoms with Crippen LogP contribution in [0.25, 0.3) is 10.4 Å². The van der Waals surface area contributed by atoms with Gasteiger partial charge in [-0.05, 0) is 43.0 Å². The van der Waals surface area contributed by atoms with Gasteiger partial charge in [-0.25, -0.2) is 9.37 Å². The summed E-state index contributed by atoms with van der Waals surface area (Å²) in [6, 6.07) is 6.47. The van der Waals surface area contributed by atoms with Crippen LogP contribution in [0.15, 0.2) is 30.5 Å². The number of carbonyl (C=O) groups excluding carboxylic acids is 1. The Morgan fingerprint density at radius 1 is 1.30 bits per heavy atom. The quantitative estimate of drug-likeness (QED) is 0.941. The van der Waals surface area contributed by atoms with Crippen molar-refractivity contribution < 1.29 is 9.18 Å². The number of benzene rings is 1. The van der Waals surface area contributed by atoms with E-state index in [2.05, 4.69) is 15.2 Å². The van der Waals surface area contributed by atoms with E-state index >= 15 is 0 Å². The smallest absolute Gasteiger partial charge is 0.280 e. The first-order valence-electron chi connectivity index (χ1n) is 7.92. The zero-order valence-electron chi connectivity index (χ0n) is 12.7. The topological polar surface area (TPSA) is 45.2 Å². The van der Waals surface area contributed by atoms with Gasteiger partial charge in [0.2, 0.25) is 0 Å². The Labute approximate surface area is 138 Å². The third-order valence-corrected chi connectivity index (χ3v) is 5.68. The molecule has 1 N–H and O–H groups in total. The molecular formula is C17H18FN3OS. The summed E-state index contributed by atoms with van der Waals surface area (Å²) in [4.78, 5) is 19.9. The number of thiazole rings is 1. The highest BCUT2D eigenvalue weighted by Crippen LogP contribution is 2.28. The number of fused-ring (bicyclic) bond motifs is 2. The molecule has 6 heteroatoms. The first-order valence-corrected chi connectivity index (χ1v) is 8.74. The van der Waals surface area contributed by atoms with Crippen LogP contribution in [0, 0.1) is 11.7 Å². The molecule has 0 saturated carbocycles. The average molecular weight is 331 g/mol. The lowest BCUT2D eigenvalue weighted by molar-refractivity contribution is 0.0909. The molecule has 3 unspecified atom stereocenters. The Morgan fingerprint density at radius 2 is 2.13 bits per heavy atom. The highest BCUT2D eigenvalue weighted by atomic mass is 32.1. The fraction of sp³-hybridized carbons (Fsp3) is 0.412. The third kappa shape index (κ3) is 3.14. The molecule has 3 heterocycles. The fourth-order valence-electron chi connectivity index (χ4n) is 3.54. The van der Waals surface area contributed by atoms with Crippen molar-refractivity contribution in [1.82, 2.24) is 15.2 Å². The first-order chi connectivity index (χ1) is 11.2. The zero-order valence-corrected chi connectivity index (χ0v) is 13.5. The predicted molar refractivity (Wildman–Crippen MR) is 87.9 cm³/mol. The summed E-state index contributed by atoms with van der Waals surface area (Å²) in [7, 11) is 0. The SMILES string of the molecule is O=C(NC1CC2CCN(C2)C1)c1ncc(-c2ccc(F)cc2)s1. The molecule has 2 aliphatic heterocycles. The van der Waals surface area contributed by atoms with Crippen LogP contribution in [0.2, 0.25) is 0 Å². The number of aromatic nitrogens is 1. The van der Waals surface area contributed by atoms with E-state index < -0.39 is 0 Å². The number of halogens is 1. The van der Waals surface area contributed by atoms with Gasteiger partial charge in [-0.1, -0.05) is 12.1 Å². The molecule has 4 rings (SSSR count). The van der Waals surface area contributed by atoms with Gasteiger partial charge in [0.05, 0.1) is 4.88 Å². The van der Waals surface area contributed by atoms with Crippen molar-refractivity contribution in [2.45, 2.75) is 18.9 Å². The summed E-state index contributed by atoms with van der Waals surface area (Å²) in [6.45, 7) is 3.28. The largest absolute Gasteiger partial charge is 0.346 e. The minimum atomic E-state index is -0.266. The van der Waals surface area contributed by atoms with Crippen molar-refractivity contribution in [1.29, 1.82) is 0 Å². The van der Waals surface area contributed by atoms with E-state index in [4.69, 9.17) is 0 Å². The molecule has 3 atom stereocenters. The number of hydrogen-bond donors (Lipinski definition) is 1.